The zero-order chi connectivity index (χ0) is 9.54. The number of rotatable bonds is 1. The molecule has 3 heteroatoms. The highest BCUT2D eigenvalue weighted by atomic mass is 35.5. The summed E-state index contributed by atoms with van der Waals surface area (Å²) >= 11 is 5.91. The van der Waals surface area contributed by atoms with Crippen molar-refractivity contribution in [2.45, 2.75) is 12.5 Å². The summed E-state index contributed by atoms with van der Waals surface area (Å²) in [5.41, 5.74) is 2.56. The standard InChI is InChI=1S/C11H11ClN2/c12-10-2-8(4-13-6-10)7-1-9-5-14-11(9)3-7/h2-4,6,9,11,14H,1,5H2. The van der Waals surface area contributed by atoms with Gasteiger partial charge >= 0.3 is 0 Å². The van der Waals surface area contributed by atoms with Crippen LogP contribution in [-0.2, 0) is 0 Å². The molecule has 0 spiro atoms. The Bertz CT molecular complexity index is 400. The van der Waals surface area contributed by atoms with Gasteiger partial charge in [0.05, 0.1) is 5.02 Å². The van der Waals surface area contributed by atoms with E-state index < -0.39 is 0 Å². The molecule has 0 radical (unpaired) electrons. The second-order valence-electron chi connectivity index (χ2n) is 3.98. The smallest absolute Gasteiger partial charge is 0.0595 e. The van der Waals surface area contributed by atoms with Gasteiger partial charge in [0.15, 0.2) is 0 Å². The Morgan fingerprint density at radius 2 is 2.36 bits per heavy atom. The van der Waals surface area contributed by atoms with Crippen LogP contribution in [0.15, 0.2) is 24.5 Å². The van der Waals surface area contributed by atoms with Crippen molar-refractivity contribution in [2.24, 2.45) is 5.92 Å². The molecule has 1 aliphatic heterocycles. The van der Waals surface area contributed by atoms with Crippen LogP contribution in [0.4, 0.5) is 0 Å². The summed E-state index contributed by atoms with van der Waals surface area (Å²) in [6, 6.07) is 2.59. The van der Waals surface area contributed by atoms with Gasteiger partial charge in [-0.3, -0.25) is 4.98 Å². The highest BCUT2D eigenvalue weighted by Crippen LogP contribution is 2.36. The Morgan fingerprint density at radius 1 is 1.43 bits per heavy atom. The molecule has 2 nitrogen and oxygen atoms in total. The van der Waals surface area contributed by atoms with Gasteiger partial charge in [-0.25, -0.2) is 0 Å². The lowest BCUT2D eigenvalue weighted by atomic mass is 9.94. The number of fused-ring (bicyclic) bond motifs is 1. The molecule has 14 heavy (non-hydrogen) atoms. The van der Waals surface area contributed by atoms with Gasteiger partial charge < -0.3 is 5.32 Å². The van der Waals surface area contributed by atoms with E-state index in [-0.39, 0.29) is 0 Å². The van der Waals surface area contributed by atoms with Crippen molar-refractivity contribution in [3.05, 3.63) is 35.1 Å². The molecule has 1 aromatic heterocycles. The van der Waals surface area contributed by atoms with Crippen LogP contribution in [0.3, 0.4) is 0 Å². The number of allylic oxidation sites excluding steroid dienone is 1. The van der Waals surface area contributed by atoms with E-state index in [1.807, 2.05) is 12.3 Å². The number of pyridine rings is 1. The summed E-state index contributed by atoms with van der Waals surface area (Å²) < 4.78 is 0. The lowest BCUT2D eigenvalue weighted by molar-refractivity contribution is 0.301. The first-order valence-corrected chi connectivity index (χ1v) is 5.26. The lowest BCUT2D eigenvalue weighted by Gasteiger charge is -2.31. The third-order valence-electron chi connectivity index (χ3n) is 3.06. The van der Waals surface area contributed by atoms with Gasteiger partial charge in [0.25, 0.3) is 0 Å². The zero-order valence-electron chi connectivity index (χ0n) is 7.70. The maximum Gasteiger partial charge on any atom is 0.0595 e. The van der Waals surface area contributed by atoms with E-state index in [1.165, 1.54) is 17.6 Å². The average Bonchev–Trinajstić information content (AvgIpc) is 2.43. The SMILES string of the molecule is Clc1cncc(C2=CC3NCC3C2)c1. The fourth-order valence-corrected chi connectivity index (χ4v) is 2.36. The molecule has 1 aromatic rings. The molecular weight excluding hydrogens is 196 g/mol. The van der Waals surface area contributed by atoms with E-state index in [4.69, 9.17) is 11.6 Å². The van der Waals surface area contributed by atoms with Crippen molar-refractivity contribution in [1.82, 2.24) is 10.3 Å². The molecule has 2 aliphatic rings. The third kappa shape index (κ3) is 1.26. The second-order valence-corrected chi connectivity index (χ2v) is 4.42. The summed E-state index contributed by atoms with van der Waals surface area (Å²) in [6.07, 6.45) is 7.04. The van der Waals surface area contributed by atoms with Crippen LogP contribution in [-0.4, -0.2) is 17.6 Å². The van der Waals surface area contributed by atoms with E-state index >= 15 is 0 Å². The van der Waals surface area contributed by atoms with Crippen LogP contribution in [0.25, 0.3) is 5.57 Å². The monoisotopic (exact) mass is 206 g/mol. The number of aromatic nitrogens is 1. The van der Waals surface area contributed by atoms with Crippen LogP contribution in [0.5, 0.6) is 0 Å². The Kier molecular flexibility index (Phi) is 1.85. The zero-order valence-corrected chi connectivity index (χ0v) is 8.46. The normalized spacial score (nSPS) is 29.4. The number of hydrogen-bond donors (Lipinski definition) is 1. The molecule has 1 saturated heterocycles. The second kappa shape index (κ2) is 3.07. The minimum atomic E-state index is 0.601. The minimum Gasteiger partial charge on any atom is -0.310 e. The average molecular weight is 207 g/mol. The molecule has 1 fully saturated rings. The Labute approximate surface area is 88.0 Å². The molecular formula is C11H11ClN2. The molecule has 72 valence electrons. The molecule has 0 bridgehead atoms. The summed E-state index contributed by atoms with van der Waals surface area (Å²) in [7, 11) is 0. The maximum atomic E-state index is 5.91. The van der Waals surface area contributed by atoms with Crippen molar-refractivity contribution in [3.63, 3.8) is 0 Å². The number of halogens is 1. The summed E-state index contributed by atoms with van der Waals surface area (Å²) in [4.78, 5) is 4.11. The Morgan fingerprint density at radius 3 is 2.93 bits per heavy atom. The van der Waals surface area contributed by atoms with Gasteiger partial charge in [-0.1, -0.05) is 17.7 Å². The molecule has 0 amide bonds. The predicted molar refractivity (Wildman–Crippen MR) is 57.1 cm³/mol. The van der Waals surface area contributed by atoms with Crippen molar-refractivity contribution >= 4 is 17.2 Å². The van der Waals surface area contributed by atoms with Gasteiger partial charge in [0.2, 0.25) is 0 Å². The fraction of sp³-hybridized carbons (Fsp3) is 0.364. The van der Waals surface area contributed by atoms with E-state index in [1.54, 1.807) is 6.20 Å². The van der Waals surface area contributed by atoms with Gasteiger partial charge in [0.1, 0.15) is 0 Å². The molecule has 0 saturated carbocycles. The molecule has 0 aromatic carbocycles. The quantitative estimate of drug-likeness (QED) is 0.762. The minimum absolute atomic E-state index is 0.601. The molecule has 2 atom stereocenters. The van der Waals surface area contributed by atoms with E-state index in [0.717, 1.165) is 17.5 Å². The first-order chi connectivity index (χ1) is 6.83. The van der Waals surface area contributed by atoms with Gasteiger partial charge in [-0.05, 0) is 29.5 Å². The first-order valence-electron chi connectivity index (χ1n) is 4.88. The van der Waals surface area contributed by atoms with Crippen molar-refractivity contribution in [1.29, 1.82) is 0 Å². The molecule has 2 heterocycles. The van der Waals surface area contributed by atoms with E-state index in [9.17, 15) is 0 Å². The molecule has 1 aliphatic carbocycles. The largest absolute Gasteiger partial charge is 0.310 e. The number of hydrogen-bond acceptors (Lipinski definition) is 2. The predicted octanol–water partition coefficient (Wildman–Crippen LogP) is 2.11. The van der Waals surface area contributed by atoms with Crippen LogP contribution < -0.4 is 5.32 Å². The topological polar surface area (TPSA) is 24.9 Å². The van der Waals surface area contributed by atoms with Crippen molar-refractivity contribution in [2.75, 3.05) is 6.54 Å². The lowest BCUT2D eigenvalue weighted by Crippen LogP contribution is -2.49. The third-order valence-corrected chi connectivity index (χ3v) is 3.27. The van der Waals surface area contributed by atoms with Crippen molar-refractivity contribution in [3.8, 4) is 0 Å². The summed E-state index contributed by atoms with van der Waals surface area (Å²) in [5, 5.41) is 4.11. The number of nitrogens with zero attached hydrogens (tertiary/aromatic N) is 1. The van der Waals surface area contributed by atoms with Gasteiger partial charge in [0, 0.05) is 25.0 Å². The highest BCUT2D eigenvalue weighted by molar-refractivity contribution is 6.30. The highest BCUT2D eigenvalue weighted by Gasteiger charge is 2.34. The Hall–Kier alpha value is -0.860. The van der Waals surface area contributed by atoms with E-state index in [0.29, 0.717) is 6.04 Å². The maximum absolute atomic E-state index is 5.91. The molecule has 1 N–H and O–H groups in total. The van der Waals surface area contributed by atoms with Crippen LogP contribution in [0.2, 0.25) is 5.02 Å². The van der Waals surface area contributed by atoms with E-state index in [2.05, 4.69) is 16.4 Å². The first kappa shape index (κ1) is 8.45. The summed E-state index contributed by atoms with van der Waals surface area (Å²) in [5.74, 6) is 0.809. The van der Waals surface area contributed by atoms with Crippen LogP contribution >= 0.6 is 11.6 Å². The summed E-state index contributed by atoms with van der Waals surface area (Å²) in [6.45, 7) is 1.15. The fourth-order valence-electron chi connectivity index (χ4n) is 2.18. The Balaban J connectivity index is 1.92. The number of nitrogens with one attached hydrogen (secondary N) is 1. The van der Waals surface area contributed by atoms with Crippen LogP contribution in [0, 0.1) is 5.92 Å². The molecule has 2 unspecified atom stereocenters. The van der Waals surface area contributed by atoms with Gasteiger partial charge in [-0.2, -0.15) is 0 Å². The molecule has 3 rings (SSSR count). The van der Waals surface area contributed by atoms with Gasteiger partial charge in [-0.15, -0.1) is 0 Å². The van der Waals surface area contributed by atoms with Crippen molar-refractivity contribution < 1.29 is 0 Å². The van der Waals surface area contributed by atoms with Crippen LogP contribution in [0.1, 0.15) is 12.0 Å².